The van der Waals surface area contributed by atoms with Crippen LogP contribution in [-0.2, 0) is 23.9 Å². The Morgan fingerprint density at radius 2 is 1.03 bits per heavy atom. The van der Waals surface area contributed by atoms with Gasteiger partial charge in [-0.1, -0.05) is 144 Å². The Bertz CT molecular complexity index is 1290. The van der Waals surface area contributed by atoms with Crippen molar-refractivity contribution in [3.63, 3.8) is 0 Å². The maximum absolute atomic E-state index is 12.7. The van der Waals surface area contributed by atoms with Gasteiger partial charge < -0.3 is 25.6 Å². The van der Waals surface area contributed by atoms with E-state index in [1.807, 2.05) is 6.08 Å². The van der Waals surface area contributed by atoms with Crippen molar-refractivity contribution < 1.29 is 34.1 Å². The predicted molar refractivity (Wildman–Crippen MR) is 240 cm³/mol. The Morgan fingerprint density at radius 1 is 0.552 bits per heavy atom. The predicted octanol–water partition coefficient (Wildman–Crippen LogP) is 11.0. The lowest BCUT2D eigenvalue weighted by molar-refractivity contribution is -0.147. The molecule has 2 atom stereocenters. The quantitative estimate of drug-likeness (QED) is 0.0276. The number of nitrogens with one attached hydrogen (secondary N) is 2. The van der Waals surface area contributed by atoms with Gasteiger partial charge in [-0.25, -0.2) is 4.79 Å². The van der Waals surface area contributed by atoms with Crippen LogP contribution in [0.3, 0.4) is 0 Å². The van der Waals surface area contributed by atoms with Crippen LogP contribution in [-0.4, -0.2) is 59.3 Å². The summed E-state index contributed by atoms with van der Waals surface area (Å²) in [6.45, 7) is 3.30. The van der Waals surface area contributed by atoms with Gasteiger partial charge in [0.2, 0.25) is 11.8 Å². The van der Waals surface area contributed by atoms with Crippen LogP contribution in [0.1, 0.15) is 162 Å². The lowest BCUT2D eigenvalue weighted by Gasteiger charge is -2.14. The molecule has 0 aromatic rings. The van der Waals surface area contributed by atoms with Crippen molar-refractivity contribution in [2.24, 2.45) is 0 Å². The lowest BCUT2D eigenvalue weighted by atomic mass is 10.1. The van der Waals surface area contributed by atoms with Crippen molar-refractivity contribution in [1.29, 1.82) is 0 Å². The normalized spacial score (nSPS) is 13.4. The average molecular weight is 807 g/mol. The number of esters is 1. The average Bonchev–Trinajstić information content (AvgIpc) is 3.21. The molecule has 0 aromatic carbocycles. The number of ether oxygens (including phenoxy) is 1. The number of carboxylic acids is 1. The first kappa shape index (κ1) is 53.8. The summed E-state index contributed by atoms with van der Waals surface area (Å²) < 4.78 is 5.90. The van der Waals surface area contributed by atoms with Crippen LogP contribution in [0.4, 0.5) is 0 Å². The number of unbranched alkanes of at least 4 members (excludes halogenated alkanes) is 10. The van der Waals surface area contributed by atoms with Gasteiger partial charge in [-0.2, -0.15) is 0 Å². The first-order valence-corrected chi connectivity index (χ1v) is 22.1. The van der Waals surface area contributed by atoms with Crippen molar-refractivity contribution in [1.82, 2.24) is 10.6 Å². The molecule has 0 rings (SSSR count). The van der Waals surface area contributed by atoms with E-state index in [0.717, 1.165) is 109 Å². The van der Waals surface area contributed by atoms with Gasteiger partial charge in [-0.3, -0.25) is 14.4 Å². The lowest BCUT2D eigenvalue weighted by Crippen LogP contribution is -2.47. The van der Waals surface area contributed by atoms with Crippen molar-refractivity contribution in [3.05, 3.63) is 97.2 Å². The fourth-order valence-corrected chi connectivity index (χ4v) is 5.66. The van der Waals surface area contributed by atoms with Crippen LogP contribution in [0.2, 0.25) is 0 Å². The monoisotopic (exact) mass is 807 g/mol. The molecule has 4 N–H and O–H groups in total. The van der Waals surface area contributed by atoms with E-state index in [4.69, 9.17) is 14.9 Å². The van der Waals surface area contributed by atoms with Crippen LogP contribution in [0.5, 0.6) is 0 Å². The van der Waals surface area contributed by atoms with Gasteiger partial charge in [0, 0.05) is 12.8 Å². The zero-order valence-corrected chi connectivity index (χ0v) is 36.0. The van der Waals surface area contributed by atoms with Crippen LogP contribution in [0, 0.1) is 0 Å². The third-order valence-corrected chi connectivity index (χ3v) is 9.05. The standard InChI is InChI=1S/C49H78N2O7/c1-3-5-7-9-11-13-14-15-16-17-18-19-20-21-22-23-24-25-27-33-37-41-48(55)58-44(38-34-30-26-12-10-8-6-4-2)39-35-31-28-29-32-36-40-46(53)50-42-47(54)51-45(43-52)49(56)57/h5,7,11-13,15-16,18-19,21-22,24-26,34,38,44-45,52H,3-4,6,8-10,14,17,20,23,27-33,35-37,39-43H2,1-2H3,(H,50,53)(H,51,54)(H,56,57)/b7-5-,13-11-,16-15-,19-18-,22-21-,25-24-,26-12-,38-34-. The third-order valence-electron chi connectivity index (χ3n) is 9.05. The van der Waals surface area contributed by atoms with E-state index in [-0.39, 0.29) is 30.9 Å². The fraction of sp³-hybridized carbons (Fsp3) is 0.592. The number of aliphatic hydroxyl groups excluding tert-OH is 1. The molecule has 58 heavy (non-hydrogen) atoms. The second-order valence-corrected chi connectivity index (χ2v) is 14.4. The minimum Gasteiger partial charge on any atom is -0.480 e. The van der Waals surface area contributed by atoms with Crippen LogP contribution in [0.25, 0.3) is 0 Å². The Balaban J connectivity index is 4.33. The fourth-order valence-electron chi connectivity index (χ4n) is 5.66. The summed E-state index contributed by atoms with van der Waals surface area (Å²) in [5, 5.41) is 22.5. The molecule has 0 saturated carbocycles. The number of carbonyl (C=O) groups is 4. The van der Waals surface area contributed by atoms with Crippen molar-refractivity contribution in [2.45, 2.75) is 174 Å². The molecule has 0 aliphatic carbocycles. The number of carbonyl (C=O) groups excluding carboxylic acids is 3. The molecule has 9 nitrogen and oxygen atoms in total. The SMILES string of the molecule is CC/C=C\C/C=C\C/C=C\C/C=C\C/C=C\C/C=C\CCCCC(=O)OC(/C=C\C/C=C\CCCCC)CCCCCCCCC(=O)NCC(=O)NC(CO)C(=O)O. The van der Waals surface area contributed by atoms with Gasteiger partial charge in [0.1, 0.15) is 12.1 Å². The largest absolute Gasteiger partial charge is 0.480 e. The van der Waals surface area contributed by atoms with Gasteiger partial charge in [0.25, 0.3) is 0 Å². The number of hydrogen-bond acceptors (Lipinski definition) is 6. The molecule has 326 valence electrons. The highest BCUT2D eigenvalue weighted by atomic mass is 16.5. The van der Waals surface area contributed by atoms with Crippen LogP contribution in [0.15, 0.2) is 97.2 Å². The minimum atomic E-state index is -1.39. The van der Waals surface area contributed by atoms with Gasteiger partial charge >= 0.3 is 11.9 Å². The zero-order valence-electron chi connectivity index (χ0n) is 36.0. The topological polar surface area (TPSA) is 142 Å². The smallest absolute Gasteiger partial charge is 0.328 e. The molecule has 0 spiro atoms. The molecule has 0 radical (unpaired) electrons. The highest BCUT2D eigenvalue weighted by Crippen LogP contribution is 2.14. The number of hydrogen-bond donors (Lipinski definition) is 4. The second-order valence-electron chi connectivity index (χ2n) is 14.4. The summed E-state index contributed by atoms with van der Waals surface area (Å²) in [6.07, 6.45) is 56.0. The molecule has 9 heteroatoms. The highest BCUT2D eigenvalue weighted by molar-refractivity contribution is 5.87. The van der Waals surface area contributed by atoms with E-state index in [1.54, 1.807) is 0 Å². The van der Waals surface area contributed by atoms with E-state index in [1.165, 1.54) is 19.3 Å². The molecule has 0 aromatic heterocycles. The van der Waals surface area contributed by atoms with E-state index in [0.29, 0.717) is 12.8 Å². The van der Waals surface area contributed by atoms with Crippen molar-refractivity contribution in [3.8, 4) is 0 Å². The number of allylic oxidation sites excluding steroid dienone is 15. The molecule has 0 bridgehead atoms. The van der Waals surface area contributed by atoms with Crippen LogP contribution < -0.4 is 10.6 Å². The zero-order chi connectivity index (χ0) is 42.6. The van der Waals surface area contributed by atoms with Crippen LogP contribution >= 0.6 is 0 Å². The summed E-state index contributed by atoms with van der Waals surface area (Å²) in [6, 6.07) is -1.39. The molecule has 0 heterocycles. The summed E-state index contributed by atoms with van der Waals surface area (Å²) in [5.41, 5.74) is 0. The van der Waals surface area contributed by atoms with Crippen molar-refractivity contribution in [2.75, 3.05) is 13.2 Å². The number of rotatable bonds is 38. The Labute approximate surface area is 351 Å². The second kappa shape index (κ2) is 42.4. The van der Waals surface area contributed by atoms with Gasteiger partial charge in [-0.15, -0.1) is 0 Å². The van der Waals surface area contributed by atoms with E-state index < -0.39 is 24.5 Å². The third kappa shape index (κ3) is 38.6. The number of aliphatic hydroxyl groups is 1. The summed E-state index contributed by atoms with van der Waals surface area (Å²) in [4.78, 5) is 47.4. The summed E-state index contributed by atoms with van der Waals surface area (Å²) in [5.74, 6) is -2.41. The molecule has 0 saturated heterocycles. The summed E-state index contributed by atoms with van der Waals surface area (Å²) in [7, 11) is 0. The number of carboxylic acid groups (broad SMARTS) is 1. The van der Waals surface area contributed by atoms with Crippen molar-refractivity contribution >= 4 is 23.8 Å². The Morgan fingerprint density at radius 3 is 1.57 bits per heavy atom. The minimum absolute atomic E-state index is 0.140. The summed E-state index contributed by atoms with van der Waals surface area (Å²) >= 11 is 0. The molecule has 2 amide bonds. The molecular weight excluding hydrogens is 729 g/mol. The van der Waals surface area contributed by atoms with E-state index >= 15 is 0 Å². The molecule has 2 unspecified atom stereocenters. The van der Waals surface area contributed by atoms with E-state index in [2.05, 4.69) is 116 Å². The van der Waals surface area contributed by atoms with Gasteiger partial charge in [0.05, 0.1) is 13.2 Å². The molecule has 0 fully saturated rings. The molecule has 0 aliphatic heterocycles. The molecule has 0 aliphatic rings. The number of amides is 2. The maximum Gasteiger partial charge on any atom is 0.328 e. The number of aliphatic carboxylic acids is 1. The Kier molecular flexibility index (Phi) is 39.3. The first-order valence-electron chi connectivity index (χ1n) is 22.1. The van der Waals surface area contributed by atoms with E-state index in [9.17, 15) is 19.2 Å². The molecular formula is C49H78N2O7. The van der Waals surface area contributed by atoms with Gasteiger partial charge in [-0.05, 0) is 102 Å². The van der Waals surface area contributed by atoms with Gasteiger partial charge in [0.15, 0.2) is 0 Å². The maximum atomic E-state index is 12.7. The highest BCUT2D eigenvalue weighted by Gasteiger charge is 2.18. The Hall–Kier alpha value is -4.24. The first-order chi connectivity index (χ1) is 28.3.